The van der Waals surface area contributed by atoms with Gasteiger partial charge in [0, 0.05) is 17.8 Å². The lowest BCUT2D eigenvalue weighted by Gasteiger charge is -2.60. The summed E-state index contributed by atoms with van der Waals surface area (Å²) >= 11 is 0. The molecule has 140 valence electrons. The van der Waals surface area contributed by atoms with Gasteiger partial charge < -0.3 is 10.2 Å². The number of hydrogen-bond donors (Lipinski definition) is 2. The van der Waals surface area contributed by atoms with Crippen molar-refractivity contribution in [3.63, 3.8) is 0 Å². The maximum Gasteiger partial charge on any atom is 0.139 e. The first-order valence-electron chi connectivity index (χ1n) is 10.2. The Morgan fingerprint density at radius 1 is 1.12 bits per heavy atom. The lowest BCUT2D eigenvalue weighted by Crippen LogP contribution is -2.56. The van der Waals surface area contributed by atoms with E-state index in [2.05, 4.69) is 20.8 Å². The van der Waals surface area contributed by atoms with Gasteiger partial charge in [0.05, 0.1) is 12.2 Å². The molecule has 2 N–H and O–H groups in total. The second-order valence-electron chi connectivity index (χ2n) is 10.0. The van der Waals surface area contributed by atoms with Gasteiger partial charge in [-0.25, -0.2) is 0 Å². The number of aliphatic hydroxyl groups is 2. The second kappa shape index (κ2) is 5.42. The van der Waals surface area contributed by atoms with Gasteiger partial charge in [-0.05, 0) is 75.5 Å². The molecule has 0 aromatic heterocycles. The highest BCUT2D eigenvalue weighted by Crippen LogP contribution is 2.68. The summed E-state index contributed by atoms with van der Waals surface area (Å²) in [6, 6.07) is 0. The Morgan fingerprint density at radius 3 is 2.48 bits per heavy atom. The quantitative estimate of drug-likeness (QED) is 0.709. The normalized spacial score (nSPS) is 52.6. The fourth-order valence-corrected chi connectivity index (χ4v) is 7.72. The number of carbonyl (C=O) groups is 1. The van der Waals surface area contributed by atoms with Crippen molar-refractivity contribution in [2.45, 2.75) is 78.2 Å². The van der Waals surface area contributed by atoms with Crippen molar-refractivity contribution >= 4 is 5.78 Å². The molecule has 3 saturated carbocycles. The van der Waals surface area contributed by atoms with E-state index in [0.717, 1.165) is 38.5 Å². The van der Waals surface area contributed by atoms with Crippen LogP contribution < -0.4 is 0 Å². The molecule has 0 spiro atoms. The standard InChI is InChI=1S/C22H34O3/c1-13-11-15-16-6-9-21(4,25)20(16,3)8-5-17(15)22(12-23)10-7-18(24)14(2)19(13)22/h14-17,23,25H,5-12H2,1-4H3/t14?,15-,16-,17+,20-,21?,22-/m0/s1. The molecule has 0 heterocycles. The van der Waals surface area contributed by atoms with Crippen LogP contribution in [-0.2, 0) is 4.79 Å². The fraction of sp³-hybridized carbons (Fsp3) is 0.864. The Kier molecular flexibility index (Phi) is 3.84. The first-order chi connectivity index (χ1) is 11.7. The molecule has 0 aromatic carbocycles. The average molecular weight is 347 g/mol. The van der Waals surface area contributed by atoms with Crippen LogP contribution >= 0.6 is 0 Å². The van der Waals surface area contributed by atoms with Crippen LogP contribution in [0.1, 0.15) is 72.6 Å². The zero-order valence-electron chi connectivity index (χ0n) is 16.3. The van der Waals surface area contributed by atoms with Gasteiger partial charge in [-0.15, -0.1) is 0 Å². The Balaban J connectivity index is 1.80. The Labute approximate surface area is 151 Å². The molecule has 4 aliphatic rings. The third kappa shape index (κ3) is 2.09. The maximum absolute atomic E-state index is 12.4. The van der Waals surface area contributed by atoms with Crippen molar-refractivity contribution in [3.8, 4) is 0 Å². The van der Waals surface area contributed by atoms with E-state index in [1.54, 1.807) is 0 Å². The number of carbonyl (C=O) groups excluding carboxylic acids is 1. The number of Topliss-reactive ketones (excluding diaryl/α,β-unsaturated/α-hetero) is 1. The molecule has 7 atom stereocenters. The summed E-state index contributed by atoms with van der Waals surface area (Å²) in [6.45, 7) is 8.77. The van der Waals surface area contributed by atoms with Crippen LogP contribution in [-0.4, -0.2) is 28.2 Å². The predicted molar refractivity (Wildman–Crippen MR) is 97.9 cm³/mol. The number of allylic oxidation sites excluding steroid dienone is 1. The zero-order valence-corrected chi connectivity index (χ0v) is 16.3. The van der Waals surface area contributed by atoms with E-state index in [4.69, 9.17) is 0 Å². The molecule has 0 radical (unpaired) electrons. The summed E-state index contributed by atoms with van der Waals surface area (Å²) in [6.07, 6.45) is 6.60. The number of ketones is 1. The molecule has 4 aliphatic carbocycles. The Morgan fingerprint density at radius 2 is 1.80 bits per heavy atom. The van der Waals surface area contributed by atoms with E-state index in [1.165, 1.54) is 11.1 Å². The maximum atomic E-state index is 12.4. The van der Waals surface area contributed by atoms with Crippen LogP contribution in [0.5, 0.6) is 0 Å². The minimum absolute atomic E-state index is 0.00129. The SMILES string of the molecule is CC1=C2C(C)C(=O)CC[C@]2(CO)[C@@H]2CC[C@@]3(C)[C@@H](CCC3(C)O)[C@@H]2C1. The van der Waals surface area contributed by atoms with E-state index in [9.17, 15) is 15.0 Å². The largest absolute Gasteiger partial charge is 0.395 e. The molecule has 3 heteroatoms. The van der Waals surface area contributed by atoms with Gasteiger partial charge >= 0.3 is 0 Å². The summed E-state index contributed by atoms with van der Waals surface area (Å²) in [5, 5.41) is 21.6. The third-order valence-electron chi connectivity index (χ3n) is 9.26. The molecule has 0 bridgehead atoms. The molecule has 4 rings (SSSR count). The molecule has 0 amide bonds. The molecule has 25 heavy (non-hydrogen) atoms. The van der Waals surface area contributed by atoms with Crippen LogP contribution in [0.15, 0.2) is 11.1 Å². The minimum Gasteiger partial charge on any atom is -0.395 e. The molecule has 3 nitrogen and oxygen atoms in total. The van der Waals surface area contributed by atoms with Crippen molar-refractivity contribution in [1.29, 1.82) is 0 Å². The van der Waals surface area contributed by atoms with Crippen LogP contribution in [0, 0.1) is 34.5 Å². The summed E-state index contributed by atoms with van der Waals surface area (Å²) < 4.78 is 0. The zero-order chi connectivity index (χ0) is 18.2. The van der Waals surface area contributed by atoms with Gasteiger partial charge in [-0.1, -0.05) is 25.0 Å². The first kappa shape index (κ1) is 17.7. The molecular formula is C22H34O3. The molecule has 3 fully saturated rings. The van der Waals surface area contributed by atoms with Gasteiger partial charge in [-0.2, -0.15) is 0 Å². The van der Waals surface area contributed by atoms with Crippen molar-refractivity contribution in [1.82, 2.24) is 0 Å². The summed E-state index contributed by atoms with van der Waals surface area (Å²) in [5.74, 6) is 1.88. The number of fused-ring (bicyclic) bond motifs is 5. The van der Waals surface area contributed by atoms with E-state index in [0.29, 0.717) is 30.0 Å². The van der Waals surface area contributed by atoms with Crippen molar-refractivity contribution < 1.29 is 15.0 Å². The summed E-state index contributed by atoms with van der Waals surface area (Å²) in [7, 11) is 0. The van der Waals surface area contributed by atoms with Crippen LogP contribution in [0.3, 0.4) is 0 Å². The summed E-state index contributed by atoms with van der Waals surface area (Å²) in [5.41, 5.74) is 1.88. The van der Waals surface area contributed by atoms with E-state index >= 15 is 0 Å². The van der Waals surface area contributed by atoms with Gasteiger partial charge in [-0.3, -0.25) is 4.79 Å². The minimum atomic E-state index is -0.567. The molecule has 0 saturated heterocycles. The molecule has 0 aromatic rings. The highest BCUT2D eigenvalue weighted by Gasteiger charge is 2.63. The number of hydrogen-bond acceptors (Lipinski definition) is 3. The van der Waals surface area contributed by atoms with E-state index < -0.39 is 5.60 Å². The highest BCUT2D eigenvalue weighted by atomic mass is 16.3. The smallest absolute Gasteiger partial charge is 0.139 e. The number of aliphatic hydroxyl groups excluding tert-OH is 1. The van der Waals surface area contributed by atoms with Gasteiger partial charge in [0.2, 0.25) is 0 Å². The fourth-order valence-electron chi connectivity index (χ4n) is 7.72. The predicted octanol–water partition coefficient (Wildman–Crippen LogP) is 3.88. The lowest BCUT2D eigenvalue weighted by molar-refractivity contribution is -0.135. The van der Waals surface area contributed by atoms with E-state index in [1.807, 2.05) is 6.92 Å². The van der Waals surface area contributed by atoms with Crippen molar-refractivity contribution in [2.75, 3.05) is 6.61 Å². The average Bonchev–Trinajstić information content (AvgIpc) is 2.81. The Hall–Kier alpha value is -0.670. The topological polar surface area (TPSA) is 57.5 Å². The van der Waals surface area contributed by atoms with Crippen LogP contribution in [0.4, 0.5) is 0 Å². The van der Waals surface area contributed by atoms with Crippen molar-refractivity contribution in [3.05, 3.63) is 11.1 Å². The second-order valence-corrected chi connectivity index (χ2v) is 10.0. The molecule has 0 aliphatic heterocycles. The lowest BCUT2D eigenvalue weighted by atomic mass is 9.45. The summed E-state index contributed by atoms with van der Waals surface area (Å²) in [4.78, 5) is 12.4. The van der Waals surface area contributed by atoms with Crippen LogP contribution in [0.2, 0.25) is 0 Å². The van der Waals surface area contributed by atoms with Gasteiger partial charge in [0.15, 0.2) is 0 Å². The van der Waals surface area contributed by atoms with Gasteiger partial charge in [0.25, 0.3) is 0 Å². The highest BCUT2D eigenvalue weighted by molar-refractivity contribution is 5.85. The van der Waals surface area contributed by atoms with Gasteiger partial charge in [0.1, 0.15) is 5.78 Å². The first-order valence-corrected chi connectivity index (χ1v) is 10.2. The van der Waals surface area contributed by atoms with E-state index in [-0.39, 0.29) is 23.4 Å². The van der Waals surface area contributed by atoms with Crippen molar-refractivity contribution in [2.24, 2.45) is 34.5 Å². The monoisotopic (exact) mass is 346 g/mol. The van der Waals surface area contributed by atoms with Crippen LogP contribution in [0.25, 0.3) is 0 Å². The number of rotatable bonds is 1. The third-order valence-corrected chi connectivity index (χ3v) is 9.26. The molecule has 2 unspecified atom stereocenters. The Bertz CT molecular complexity index is 633. The molecular weight excluding hydrogens is 312 g/mol.